The zero-order chi connectivity index (χ0) is 21.9. The van der Waals surface area contributed by atoms with E-state index in [1.165, 1.54) is 12.1 Å². The summed E-state index contributed by atoms with van der Waals surface area (Å²) < 4.78 is 43.3. The highest BCUT2D eigenvalue weighted by Gasteiger charge is 2.41. The van der Waals surface area contributed by atoms with Gasteiger partial charge in [0.05, 0.1) is 12.6 Å². The first-order valence-corrected chi connectivity index (χ1v) is 13.3. The number of ketones is 1. The van der Waals surface area contributed by atoms with Crippen molar-refractivity contribution < 1.29 is 27.1 Å². The molecule has 9 heteroatoms. The third-order valence-electron chi connectivity index (χ3n) is 5.17. The summed E-state index contributed by atoms with van der Waals surface area (Å²) in [5.41, 5.74) is 0.888. The minimum Gasteiger partial charge on any atom is -0.463 e. The molecule has 30 heavy (non-hydrogen) atoms. The molecule has 1 aliphatic heterocycles. The first kappa shape index (κ1) is 23.0. The molecule has 0 aromatic heterocycles. The average molecular weight is 456 g/mol. The van der Waals surface area contributed by atoms with E-state index in [1.807, 2.05) is 4.90 Å². The Balaban J connectivity index is 1.92. The van der Waals surface area contributed by atoms with Crippen LogP contribution in [0.1, 0.15) is 37.8 Å². The summed E-state index contributed by atoms with van der Waals surface area (Å²) in [7, 11) is -2.55. The van der Waals surface area contributed by atoms with Gasteiger partial charge in [-0.1, -0.05) is 18.2 Å². The standard InChI is InChI=1S/C21H26FNO5S2/c1-3-28-19(24)12-15-13-23(11-10-18(15)29-30(2,26)27)20(21(25)14-8-9-14)16-6-4-5-7-17(16)22/h4-7,12,14,18,20H,3,8-11,13H2,1-2H3/b15-12-. The van der Waals surface area contributed by atoms with Gasteiger partial charge in [0.2, 0.25) is 0 Å². The third kappa shape index (κ3) is 5.92. The van der Waals surface area contributed by atoms with Crippen LogP contribution in [0.5, 0.6) is 0 Å². The molecule has 2 aliphatic rings. The average Bonchev–Trinajstić information content (AvgIpc) is 3.50. The molecule has 0 spiro atoms. The molecule has 1 aromatic carbocycles. The van der Waals surface area contributed by atoms with Crippen molar-refractivity contribution in [2.45, 2.75) is 37.5 Å². The first-order valence-electron chi connectivity index (χ1n) is 9.97. The van der Waals surface area contributed by atoms with E-state index >= 15 is 0 Å². The van der Waals surface area contributed by atoms with Crippen molar-refractivity contribution in [2.75, 3.05) is 26.0 Å². The molecule has 1 heterocycles. The lowest BCUT2D eigenvalue weighted by Crippen LogP contribution is -2.43. The molecule has 0 radical (unpaired) electrons. The van der Waals surface area contributed by atoms with E-state index in [-0.39, 0.29) is 24.9 Å². The maximum atomic E-state index is 14.6. The van der Waals surface area contributed by atoms with E-state index in [2.05, 4.69) is 0 Å². The number of hydrogen-bond donors (Lipinski definition) is 0. The fourth-order valence-electron chi connectivity index (χ4n) is 3.72. The van der Waals surface area contributed by atoms with Crippen molar-refractivity contribution in [1.82, 2.24) is 4.90 Å². The Kier molecular flexibility index (Phi) is 7.36. The summed E-state index contributed by atoms with van der Waals surface area (Å²) in [5.74, 6) is -1.09. The van der Waals surface area contributed by atoms with Crippen molar-refractivity contribution in [2.24, 2.45) is 5.92 Å². The maximum absolute atomic E-state index is 14.6. The van der Waals surface area contributed by atoms with Crippen LogP contribution in [0.3, 0.4) is 0 Å². The summed E-state index contributed by atoms with van der Waals surface area (Å²) in [5, 5.41) is -0.419. The second-order valence-electron chi connectivity index (χ2n) is 7.62. The van der Waals surface area contributed by atoms with Gasteiger partial charge >= 0.3 is 5.97 Å². The van der Waals surface area contributed by atoms with Crippen molar-refractivity contribution in [3.05, 3.63) is 47.3 Å². The van der Waals surface area contributed by atoms with Crippen LogP contribution < -0.4 is 0 Å². The smallest absolute Gasteiger partial charge is 0.330 e. The van der Waals surface area contributed by atoms with E-state index < -0.39 is 31.9 Å². The van der Waals surface area contributed by atoms with Gasteiger partial charge in [-0.2, -0.15) is 0 Å². The Hall–Kier alpha value is -1.71. The molecule has 0 N–H and O–H groups in total. The van der Waals surface area contributed by atoms with E-state index in [0.29, 0.717) is 24.1 Å². The number of halogens is 1. The highest BCUT2D eigenvalue weighted by molar-refractivity contribution is 8.72. The molecule has 6 nitrogen and oxygen atoms in total. The fraction of sp³-hybridized carbons (Fsp3) is 0.524. The Labute approximate surface area is 180 Å². The number of Topliss-reactive ketones (excluding diaryl/α,β-unsaturated/α-hetero) is 1. The molecule has 1 aromatic rings. The van der Waals surface area contributed by atoms with Gasteiger partial charge in [0, 0.05) is 42.2 Å². The van der Waals surface area contributed by atoms with Crippen LogP contribution in [0.25, 0.3) is 0 Å². The monoisotopic (exact) mass is 455 g/mol. The fourth-order valence-corrected chi connectivity index (χ4v) is 6.53. The Morgan fingerprint density at radius 1 is 1.30 bits per heavy atom. The number of rotatable bonds is 8. The zero-order valence-corrected chi connectivity index (χ0v) is 18.7. The normalized spacial score (nSPS) is 22.6. The van der Waals surface area contributed by atoms with Gasteiger partial charge in [0.25, 0.3) is 0 Å². The molecule has 164 valence electrons. The minimum absolute atomic E-state index is 0.0233. The molecule has 3 rings (SSSR count). The van der Waals surface area contributed by atoms with Gasteiger partial charge in [-0.15, -0.1) is 0 Å². The van der Waals surface area contributed by atoms with Crippen LogP contribution in [-0.2, 0) is 23.2 Å². The van der Waals surface area contributed by atoms with Crippen LogP contribution in [0.15, 0.2) is 35.9 Å². The highest BCUT2D eigenvalue weighted by Crippen LogP contribution is 2.40. The molecule has 1 saturated heterocycles. The second kappa shape index (κ2) is 9.62. The van der Waals surface area contributed by atoms with Gasteiger partial charge in [0.15, 0.2) is 14.7 Å². The quantitative estimate of drug-likeness (QED) is 0.338. The number of esters is 1. The number of carbonyl (C=O) groups excluding carboxylic acids is 2. The highest BCUT2D eigenvalue weighted by atomic mass is 33.1. The summed E-state index contributed by atoms with van der Waals surface area (Å²) in [6.07, 6.45) is 4.47. The number of ether oxygens (including phenoxy) is 1. The lowest BCUT2D eigenvalue weighted by atomic mass is 9.93. The molecule has 0 bridgehead atoms. The molecule has 2 fully saturated rings. The SMILES string of the molecule is CCOC(=O)/C=C1/CN(C(C(=O)C2CC2)c2ccccc2F)CCC1SS(C)(=O)=O. The molecular formula is C21H26FNO5S2. The number of benzene rings is 1. The lowest BCUT2D eigenvalue weighted by molar-refractivity contribution is -0.137. The summed E-state index contributed by atoms with van der Waals surface area (Å²) in [6, 6.07) is 5.48. The Morgan fingerprint density at radius 3 is 2.60 bits per heavy atom. The predicted octanol–water partition coefficient (Wildman–Crippen LogP) is 3.10. The van der Waals surface area contributed by atoms with Gasteiger partial charge in [0.1, 0.15) is 5.82 Å². The van der Waals surface area contributed by atoms with Crippen LogP contribution in [0.2, 0.25) is 0 Å². The Morgan fingerprint density at radius 2 is 2.00 bits per heavy atom. The number of hydrogen-bond acceptors (Lipinski definition) is 7. The number of piperidine rings is 1. The van der Waals surface area contributed by atoms with Crippen molar-refractivity contribution in [3.8, 4) is 0 Å². The van der Waals surface area contributed by atoms with Crippen molar-refractivity contribution in [1.29, 1.82) is 0 Å². The molecule has 1 saturated carbocycles. The zero-order valence-electron chi connectivity index (χ0n) is 17.0. The van der Waals surface area contributed by atoms with Crippen molar-refractivity contribution >= 4 is 31.4 Å². The number of nitrogens with zero attached hydrogens (tertiary/aromatic N) is 1. The minimum atomic E-state index is -3.34. The van der Waals surface area contributed by atoms with Crippen molar-refractivity contribution in [3.63, 3.8) is 0 Å². The Bertz CT molecular complexity index is 942. The lowest BCUT2D eigenvalue weighted by Gasteiger charge is -2.38. The maximum Gasteiger partial charge on any atom is 0.330 e. The third-order valence-corrected chi connectivity index (χ3v) is 8.04. The molecule has 2 atom stereocenters. The van der Waals surface area contributed by atoms with E-state index in [4.69, 9.17) is 4.74 Å². The van der Waals surface area contributed by atoms with Crippen LogP contribution in [-0.4, -0.2) is 56.3 Å². The van der Waals surface area contributed by atoms with Gasteiger partial charge in [-0.25, -0.2) is 17.6 Å². The first-order chi connectivity index (χ1) is 14.2. The number of carbonyl (C=O) groups is 2. The van der Waals surface area contributed by atoms with Gasteiger partial charge < -0.3 is 4.74 Å². The van der Waals surface area contributed by atoms with Crippen LogP contribution >= 0.6 is 10.8 Å². The largest absolute Gasteiger partial charge is 0.463 e. The summed E-state index contributed by atoms with van der Waals surface area (Å²) in [4.78, 5) is 27.0. The summed E-state index contributed by atoms with van der Waals surface area (Å²) in [6.45, 7) is 2.51. The number of likely N-dealkylation sites (tertiary alicyclic amines) is 1. The van der Waals surface area contributed by atoms with E-state index in [0.717, 1.165) is 29.9 Å². The predicted molar refractivity (Wildman–Crippen MR) is 114 cm³/mol. The van der Waals surface area contributed by atoms with E-state index in [9.17, 15) is 22.4 Å². The van der Waals surface area contributed by atoms with E-state index in [1.54, 1.807) is 25.1 Å². The molecule has 2 unspecified atom stereocenters. The molecular weight excluding hydrogens is 429 g/mol. The topological polar surface area (TPSA) is 80.8 Å². The molecule has 0 amide bonds. The second-order valence-corrected chi connectivity index (χ2v) is 12.2. The molecule has 1 aliphatic carbocycles. The van der Waals surface area contributed by atoms with Crippen LogP contribution in [0.4, 0.5) is 4.39 Å². The van der Waals surface area contributed by atoms with Gasteiger partial charge in [-0.05, 0) is 48.6 Å². The van der Waals surface area contributed by atoms with Gasteiger partial charge in [-0.3, -0.25) is 9.69 Å². The summed E-state index contributed by atoms with van der Waals surface area (Å²) >= 11 is 0. The van der Waals surface area contributed by atoms with Crippen LogP contribution in [0, 0.1) is 11.7 Å².